The van der Waals surface area contributed by atoms with Crippen LogP contribution in [-0.2, 0) is 12.8 Å². The Balaban J connectivity index is 2.38. The summed E-state index contributed by atoms with van der Waals surface area (Å²) >= 11 is 0. The number of hydrogen-bond donors (Lipinski definition) is 1. The van der Waals surface area contributed by atoms with E-state index in [1.807, 2.05) is 4.90 Å². The molecule has 1 aromatic rings. The van der Waals surface area contributed by atoms with Crippen LogP contribution < -0.4 is 5.73 Å². The topological polar surface area (TPSA) is 54.0 Å². The molecule has 0 fully saturated rings. The third kappa shape index (κ3) is 2.78. The van der Waals surface area contributed by atoms with E-state index in [1.165, 1.54) is 11.1 Å². The van der Waals surface area contributed by atoms with Gasteiger partial charge in [-0.05, 0) is 30.9 Å². The van der Waals surface area contributed by atoms with Gasteiger partial charge in [0.25, 0.3) is 0 Å². The number of benzene rings is 1. The van der Waals surface area contributed by atoms with Gasteiger partial charge in [0.05, 0.1) is 12.2 Å². The highest BCUT2D eigenvalue weighted by atomic mass is 15.3. The molecule has 4 heteroatoms. The molecule has 0 aromatic heterocycles. The summed E-state index contributed by atoms with van der Waals surface area (Å²) < 4.78 is 0. The zero-order valence-corrected chi connectivity index (χ0v) is 12.0. The lowest BCUT2D eigenvalue weighted by atomic mass is 10.0. The molecule has 1 aliphatic heterocycles. The average molecular weight is 258 g/mol. The standard InChI is InChI=1S/C15H22N4/c1-4-11-8-7-9-12(5-2)14(11)17-13-10-19(6-3)15(16)18-13/h7-9H,4-6,10H2,1-3H3,(H2,16,17,18). The minimum atomic E-state index is 0.577. The highest BCUT2D eigenvalue weighted by Gasteiger charge is 2.18. The van der Waals surface area contributed by atoms with Gasteiger partial charge in [0, 0.05) is 6.54 Å². The van der Waals surface area contributed by atoms with E-state index in [4.69, 9.17) is 10.7 Å². The summed E-state index contributed by atoms with van der Waals surface area (Å²) in [5.74, 6) is 1.39. The number of likely N-dealkylation sites (N-methyl/N-ethyl adjacent to an activating group) is 1. The van der Waals surface area contributed by atoms with Gasteiger partial charge in [0.2, 0.25) is 0 Å². The van der Waals surface area contributed by atoms with Crippen LogP contribution in [0.5, 0.6) is 0 Å². The van der Waals surface area contributed by atoms with Gasteiger partial charge in [-0.1, -0.05) is 32.0 Å². The molecule has 0 aliphatic carbocycles. The van der Waals surface area contributed by atoms with Crippen molar-refractivity contribution < 1.29 is 0 Å². The summed E-state index contributed by atoms with van der Waals surface area (Å²) in [7, 11) is 0. The minimum absolute atomic E-state index is 0.577. The van der Waals surface area contributed by atoms with E-state index in [0.717, 1.165) is 30.9 Å². The Bertz CT molecular complexity index is 495. The first-order valence-electron chi connectivity index (χ1n) is 6.97. The van der Waals surface area contributed by atoms with Crippen molar-refractivity contribution in [3.8, 4) is 0 Å². The molecule has 0 bridgehead atoms. The lowest BCUT2D eigenvalue weighted by Gasteiger charge is -2.13. The van der Waals surface area contributed by atoms with Gasteiger partial charge in [-0.15, -0.1) is 0 Å². The molecule has 0 saturated heterocycles. The maximum Gasteiger partial charge on any atom is 0.198 e. The Hall–Kier alpha value is -1.84. The average Bonchev–Trinajstić information content (AvgIpc) is 2.79. The van der Waals surface area contributed by atoms with Crippen LogP contribution >= 0.6 is 0 Å². The van der Waals surface area contributed by atoms with E-state index in [2.05, 4.69) is 44.0 Å². The Labute approximate surface area is 115 Å². The molecule has 0 atom stereocenters. The predicted octanol–water partition coefficient (Wildman–Crippen LogP) is 2.49. The molecule has 0 unspecified atom stereocenters. The Kier molecular flexibility index (Phi) is 4.20. The summed E-state index contributed by atoms with van der Waals surface area (Å²) in [6, 6.07) is 6.38. The minimum Gasteiger partial charge on any atom is -0.369 e. The second-order valence-corrected chi connectivity index (χ2v) is 4.64. The van der Waals surface area contributed by atoms with Crippen molar-refractivity contribution in [2.45, 2.75) is 33.6 Å². The first kappa shape index (κ1) is 13.6. The fourth-order valence-electron chi connectivity index (χ4n) is 2.31. The van der Waals surface area contributed by atoms with Crippen LogP contribution in [0.1, 0.15) is 31.9 Å². The zero-order chi connectivity index (χ0) is 13.8. The van der Waals surface area contributed by atoms with Crippen molar-refractivity contribution in [3.05, 3.63) is 29.3 Å². The number of guanidine groups is 1. The predicted molar refractivity (Wildman–Crippen MR) is 81.2 cm³/mol. The number of aliphatic imine (C=N–C) groups is 2. The molecule has 0 radical (unpaired) electrons. The van der Waals surface area contributed by atoms with Crippen molar-refractivity contribution in [2.75, 3.05) is 13.1 Å². The molecule has 0 saturated carbocycles. The van der Waals surface area contributed by atoms with E-state index >= 15 is 0 Å². The highest BCUT2D eigenvalue weighted by molar-refractivity contribution is 6.03. The summed E-state index contributed by atoms with van der Waals surface area (Å²) in [5.41, 5.74) is 9.50. The number of rotatable bonds is 4. The van der Waals surface area contributed by atoms with Crippen molar-refractivity contribution in [3.63, 3.8) is 0 Å². The van der Waals surface area contributed by atoms with E-state index < -0.39 is 0 Å². The lowest BCUT2D eigenvalue weighted by Crippen LogP contribution is -2.33. The first-order chi connectivity index (χ1) is 9.19. The van der Waals surface area contributed by atoms with Crippen LogP contribution in [0.2, 0.25) is 0 Å². The molecular formula is C15H22N4. The summed E-state index contributed by atoms with van der Waals surface area (Å²) in [6.07, 6.45) is 1.97. The van der Waals surface area contributed by atoms with Crippen molar-refractivity contribution in [2.24, 2.45) is 15.7 Å². The lowest BCUT2D eigenvalue weighted by molar-refractivity contribution is 0.510. The molecule has 0 amide bonds. The Morgan fingerprint density at radius 2 is 1.84 bits per heavy atom. The first-order valence-corrected chi connectivity index (χ1v) is 6.97. The van der Waals surface area contributed by atoms with Crippen LogP contribution in [-0.4, -0.2) is 29.8 Å². The fourth-order valence-corrected chi connectivity index (χ4v) is 2.31. The molecule has 4 nitrogen and oxygen atoms in total. The van der Waals surface area contributed by atoms with Crippen LogP contribution in [0.25, 0.3) is 0 Å². The number of hydrogen-bond acceptors (Lipinski definition) is 3. The van der Waals surface area contributed by atoms with Crippen molar-refractivity contribution >= 4 is 17.5 Å². The second kappa shape index (κ2) is 5.87. The van der Waals surface area contributed by atoms with E-state index in [0.29, 0.717) is 12.5 Å². The summed E-state index contributed by atoms with van der Waals surface area (Å²) in [5, 5.41) is 0. The fraction of sp³-hybridized carbons (Fsp3) is 0.467. The van der Waals surface area contributed by atoms with Gasteiger partial charge < -0.3 is 10.6 Å². The molecule has 1 aromatic carbocycles. The van der Waals surface area contributed by atoms with E-state index in [9.17, 15) is 0 Å². The summed E-state index contributed by atoms with van der Waals surface area (Å²) in [6.45, 7) is 7.96. The van der Waals surface area contributed by atoms with Gasteiger partial charge in [0.15, 0.2) is 11.8 Å². The third-order valence-electron chi connectivity index (χ3n) is 3.49. The van der Waals surface area contributed by atoms with Gasteiger partial charge in [-0.25, -0.2) is 4.99 Å². The van der Waals surface area contributed by atoms with Gasteiger partial charge in [-0.3, -0.25) is 0 Å². The molecule has 1 heterocycles. The highest BCUT2D eigenvalue weighted by Crippen LogP contribution is 2.26. The Morgan fingerprint density at radius 3 is 2.32 bits per heavy atom. The normalized spacial score (nSPS) is 17.1. The summed E-state index contributed by atoms with van der Waals surface area (Å²) in [4.78, 5) is 11.1. The Morgan fingerprint density at radius 1 is 1.21 bits per heavy atom. The van der Waals surface area contributed by atoms with E-state index in [1.54, 1.807) is 0 Å². The number of aryl methyl sites for hydroxylation is 2. The van der Waals surface area contributed by atoms with Crippen molar-refractivity contribution in [1.29, 1.82) is 0 Å². The van der Waals surface area contributed by atoms with E-state index in [-0.39, 0.29) is 0 Å². The number of nitrogens with zero attached hydrogens (tertiary/aromatic N) is 3. The monoisotopic (exact) mass is 258 g/mol. The molecule has 2 rings (SSSR count). The number of para-hydroxylation sites is 1. The van der Waals surface area contributed by atoms with Crippen LogP contribution in [0, 0.1) is 0 Å². The van der Waals surface area contributed by atoms with Crippen LogP contribution in [0.3, 0.4) is 0 Å². The number of amidine groups is 1. The van der Waals surface area contributed by atoms with Crippen LogP contribution in [0.4, 0.5) is 5.69 Å². The molecule has 2 N–H and O–H groups in total. The number of nitrogens with two attached hydrogens (primary N) is 1. The SMILES string of the molecule is CCc1cccc(CC)c1N=C1CN(CC)C(N)=N1. The zero-order valence-electron chi connectivity index (χ0n) is 12.0. The van der Waals surface area contributed by atoms with Crippen LogP contribution in [0.15, 0.2) is 28.2 Å². The van der Waals surface area contributed by atoms with Crippen molar-refractivity contribution in [1.82, 2.24) is 4.90 Å². The molecule has 102 valence electrons. The molecular weight excluding hydrogens is 236 g/mol. The second-order valence-electron chi connectivity index (χ2n) is 4.64. The van der Waals surface area contributed by atoms with Gasteiger partial charge in [-0.2, -0.15) is 4.99 Å². The largest absolute Gasteiger partial charge is 0.369 e. The maximum absolute atomic E-state index is 5.87. The molecule has 1 aliphatic rings. The molecule has 19 heavy (non-hydrogen) atoms. The van der Waals surface area contributed by atoms with Gasteiger partial charge >= 0.3 is 0 Å². The van der Waals surface area contributed by atoms with Gasteiger partial charge in [0.1, 0.15) is 0 Å². The maximum atomic E-state index is 5.87. The smallest absolute Gasteiger partial charge is 0.198 e. The molecule has 0 spiro atoms. The quantitative estimate of drug-likeness (QED) is 0.902. The third-order valence-corrected chi connectivity index (χ3v) is 3.49.